The van der Waals surface area contributed by atoms with Crippen LogP contribution in [0.25, 0.3) is 0 Å². The van der Waals surface area contributed by atoms with Crippen LogP contribution in [0.5, 0.6) is 0 Å². The summed E-state index contributed by atoms with van der Waals surface area (Å²) in [5.41, 5.74) is 2.03. The first-order valence-electron chi connectivity index (χ1n) is 15.6. The highest BCUT2D eigenvalue weighted by Gasteiger charge is 2.42. The number of nitrogens with one attached hydrogen (secondary N) is 3. The predicted molar refractivity (Wildman–Crippen MR) is 190 cm³/mol. The number of rotatable bonds is 30. The van der Waals surface area contributed by atoms with E-state index < -0.39 is 103 Å². The lowest BCUT2D eigenvalue weighted by Crippen LogP contribution is -2.48. The summed E-state index contributed by atoms with van der Waals surface area (Å²) in [7, 11) is 0. The van der Waals surface area contributed by atoms with E-state index in [4.69, 9.17) is 24.7 Å². The van der Waals surface area contributed by atoms with Crippen LogP contribution in [0.1, 0.15) is 64.7 Å². The highest BCUT2D eigenvalue weighted by Crippen LogP contribution is 2.21. The van der Waals surface area contributed by atoms with Crippen LogP contribution in [0.3, 0.4) is 0 Å². The van der Waals surface area contributed by atoms with E-state index >= 15 is 0 Å². The largest absolute Gasteiger partial charge is 0.481 e. The second-order valence-corrected chi connectivity index (χ2v) is 14.0. The van der Waals surface area contributed by atoms with Gasteiger partial charge in [0, 0.05) is 12.8 Å². The van der Waals surface area contributed by atoms with Crippen molar-refractivity contribution in [3.8, 4) is 0 Å². The maximum absolute atomic E-state index is 12.7. The molecule has 52 heavy (non-hydrogen) atoms. The zero-order valence-corrected chi connectivity index (χ0v) is 31.8. The Balaban J connectivity index is 0. The van der Waals surface area contributed by atoms with Gasteiger partial charge in [0.2, 0.25) is 0 Å². The summed E-state index contributed by atoms with van der Waals surface area (Å²) < 4.78 is 0. The van der Waals surface area contributed by atoms with Crippen LogP contribution in [0.15, 0.2) is 0 Å². The molecule has 0 aliphatic carbocycles. The maximum Gasteiger partial charge on any atom is 0.357 e. The Labute approximate surface area is 313 Å². The van der Waals surface area contributed by atoms with Crippen LogP contribution in [-0.2, 0) is 57.7 Å². The summed E-state index contributed by atoms with van der Waals surface area (Å²) in [5, 5.41) is 37.3. The molecule has 0 unspecified atom stereocenters. The van der Waals surface area contributed by atoms with Crippen molar-refractivity contribution < 1.29 is 78.1 Å². The van der Waals surface area contributed by atoms with E-state index in [1.54, 1.807) is 0 Å². The van der Waals surface area contributed by atoms with Crippen molar-refractivity contribution in [1.29, 1.82) is 0 Å². The lowest BCUT2D eigenvalue weighted by Gasteiger charge is -2.25. The van der Waals surface area contributed by atoms with Gasteiger partial charge in [-0.3, -0.25) is 19.2 Å². The van der Waals surface area contributed by atoms with Crippen molar-refractivity contribution in [2.24, 2.45) is 0 Å². The van der Waals surface area contributed by atoms with Crippen molar-refractivity contribution in [3.05, 3.63) is 0 Å². The molecule has 19 nitrogen and oxygen atoms in total. The summed E-state index contributed by atoms with van der Waals surface area (Å²) >= 11 is 4.46. The molecule has 0 aliphatic rings. The van der Waals surface area contributed by atoms with E-state index in [-0.39, 0.29) is 0 Å². The SMILES string of the molecule is CC(=O)C[C@](O)(CCC(=O)O)C(=O)O.CSCC[C@H](C=O)NOC(=O)CC[C@@](O)(CC(=O)ON[C@@H](C=O)CCSC)C(=O)ON[C@@H](C=O)CCSC. The second-order valence-electron chi connectivity index (χ2n) is 11.1. The number of ketones is 1. The first kappa shape index (κ1) is 51.0. The fourth-order valence-electron chi connectivity index (χ4n) is 3.60. The first-order valence-corrected chi connectivity index (χ1v) is 19.7. The van der Waals surface area contributed by atoms with Crippen LogP contribution >= 0.6 is 35.3 Å². The number of aliphatic hydroxyl groups is 2. The number of hydrogen-bond acceptors (Lipinski definition) is 20. The third kappa shape index (κ3) is 24.2. The summed E-state index contributed by atoms with van der Waals surface area (Å²) in [4.78, 5) is 117. The molecule has 0 aromatic rings. The van der Waals surface area contributed by atoms with Gasteiger partial charge in [0.1, 0.15) is 24.6 Å². The average molecular weight is 804 g/mol. The van der Waals surface area contributed by atoms with E-state index in [2.05, 4.69) is 16.4 Å². The molecule has 5 atom stereocenters. The molecule has 0 heterocycles. The van der Waals surface area contributed by atoms with E-state index in [1.807, 2.05) is 18.8 Å². The van der Waals surface area contributed by atoms with Crippen molar-refractivity contribution in [1.82, 2.24) is 16.4 Å². The molecule has 0 fully saturated rings. The summed E-state index contributed by atoms with van der Waals surface area (Å²) in [5.74, 6) is -4.78. The van der Waals surface area contributed by atoms with Crippen molar-refractivity contribution in [2.45, 2.75) is 94.0 Å². The smallest absolute Gasteiger partial charge is 0.357 e. The predicted octanol–water partition coefficient (Wildman–Crippen LogP) is -0.361. The molecule has 0 aromatic carbocycles. The van der Waals surface area contributed by atoms with Gasteiger partial charge in [0.15, 0.2) is 11.2 Å². The minimum atomic E-state index is -2.55. The van der Waals surface area contributed by atoms with E-state index in [0.717, 1.165) is 6.92 Å². The van der Waals surface area contributed by atoms with Crippen LogP contribution in [0.4, 0.5) is 0 Å². The Morgan fingerprint density at radius 2 is 1.04 bits per heavy atom. The fourth-order valence-corrected chi connectivity index (χ4v) is 5.07. The van der Waals surface area contributed by atoms with Gasteiger partial charge in [0.05, 0.1) is 31.0 Å². The first-order chi connectivity index (χ1) is 24.5. The van der Waals surface area contributed by atoms with Crippen molar-refractivity contribution >= 4 is 89.8 Å². The second kappa shape index (κ2) is 29.3. The van der Waals surface area contributed by atoms with Gasteiger partial charge in [-0.2, -0.15) is 35.3 Å². The highest BCUT2D eigenvalue weighted by atomic mass is 32.2. The molecule has 0 saturated carbocycles. The molecule has 0 amide bonds. The monoisotopic (exact) mass is 803 g/mol. The number of carbonyl (C=O) groups is 9. The third-order valence-electron chi connectivity index (χ3n) is 6.59. The van der Waals surface area contributed by atoms with Gasteiger partial charge in [0.25, 0.3) is 0 Å². The molecule has 0 aromatic heterocycles. The number of carbonyl (C=O) groups excluding carboxylic acids is 7. The van der Waals surface area contributed by atoms with Crippen LogP contribution in [0, 0.1) is 0 Å². The van der Waals surface area contributed by atoms with Crippen LogP contribution in [-0.4, -0.2) is 140 Å². The number of aliphatic carboxylic acids is 2. The number of hydroxylamine groups is 3. The van der Waals surface area contributed by atoms with Gasteiger partial charge in [-0.15, -0.1) is 16.4 Å². The Kier molecular flexibility index (Phi) is 28.8. The fraction of sp³-hybridized carbons (Fsp3) is 0.700. The van der Waals surface area contributed by atoms with E-state index in [1.165, 1.54) is 35.3 Å². The third-order valence-corrected chi connectivity index (χ3v) is 8.53. The highest BCUT2D eigenvalue weighted by molar-refractivity contribution is 7.98. The van der Waals surface area contributed by atoms with Crippen molar-refractivity contribution in [3.63, 3.8) is 0 Å². The molecule has 0 rings (SSSR count). The van der Waals surface area contributed by atoms with Crippen LogP contribution in [0.2, 0.25) is 0 Å². The van der Waals surface area contributed by atoms with Gasteiger partial charge < -0.3 is 49.3 Å². The number of aldehydes is 3. The van der Waals surface area contributed by atoms with Crippen LogP contribution < -0.4 is 16.4 Å². The molecular formula is C30H49N3O16S3. The zero-order valence-electron chi connectivity index (χ0n) is 29.4. The topological polar surface area (TPSA) is 298 Å². The van der Waals surface area contributed by atoms with Crippen molar-refractivity contribution in [2.75, 3.05) is 36.0 Å². The number of hydrogen-bond donors (Lipinski definition) is 7. The molecule has 22 heteroatoms. The molecule has 0 bridgehead atoms. The zero-order chi connectivity index (χ0) is 40.2. The number of carboxylic acids is 2. The molecule has 298 valence electrons. The molecular weight excluding hydrogens is 755 g/mol. The lowest BCUT2D eigenvalue weighted by atomic mass is 9.92. The Hall–Kier alpha value is -3.12. The van der Waals surface area contributed by atoms with E-state index in [9.17, 15) is 53.4 Å². The number of Topliss-reactive ketones (excluding diaryl/α,β-unsaturated/α-hetero) is 1. The maximum atomic E-state index is 12.7. The number of thioether (sulfide) groups is 3. The molecule has 0 saturated heterocycles. The quantitative estimate of drug-likeness (QED) is 0.0277. The van der Waals surface area contributed by atoms with Gasteiger partial charge in [-0.1, -0.05) is 0 Å². The summed E-state index contributed by atoms with van der Waals surface area (Å²) in [6.07, 6.45) is 4.67. The average Bonchev–Trinajstić information content (AvgIpc) is 3.09. The molecule has 7 N–H and O–H groups in total. The lowest BCUT2D eigenvalue weighted by molar-refractivity contribution is -0.184. The minimum absolute atomic E-state index is 0.331. The molecule has 0 aliphatic heterocycles. The van der Waals surface area contributed by atoms with Gasteiger partial charge >= 0.3 is 29.8 Å². The summed E-state index contributed by atoms with van der Waals surface area (Å²) in [6, 6.07) is -2.39. The Morgan fingerprint density at radius 1 is 0.635 bits per heavy atom. The molecule has 0 spiro atoms. The van der Waals surface area contributed by atoms with Gasteiger partial charge in [-0.25, -0.2) is 9.59 Å². The Bertz CT molecular complexity index is 1170. The van der Waals surface area contributed by atoms with Gasteiger partial charge in [-0.05, 0) is 75.1 Å². The Morgan fingerprint density at radius 3 is 1.40 bits per heavy atom. The number of carboxylic acid groups (broad SMARTS) is 2. The summed E-state index contributed by atoms with van der Waals surface area (Å²) in [6.45, 7) is 1.13. The molecule has 0 radical (unpaired) electrons. The minimum Gasteiger partial charge on any atom is -0.481 e. The standard InChI is InChI=1S/C22H37N3O10S3.C8H12O6/c1-36-9-5-16(13-26)23-33-19(29)4-8-22(32,21(31)35-25-18(15-28)7-11-38-3)12-20(30)34-24-17(14-27)6-10-37-2;1-5(9)4-8(14,7(12)13)3-2-6(10)11/h13-18,23-25,32H,4-12H2,1-3H3;14H,2-4H2,1H3,(H,10,11)(H,12,13)/t16-,17-,18-,22-;8-/m11/s1. The normalized spacial score (nSPS) is 14.7. The van der Waals surface area contributed by atoms with E-state index in [0.29, 0.717) is 55.4 Å².